The van der Waals surface area contributed by atoms with Crippen molar-refractivity contribution in [3.8, 4) is 0 Å². The van der Waals surface area contributed by atoms with Gasteiger partial charge in [-0.15, -0.1) is 11.3 Å². The Balaban J connectivity index is 2.19. The Morgan fingerprint density at radius 1 is 1.14 bits per heavy atom. The summed E-state index contributed by atoms with van der Waals surface area (Å²) in [4.78, 5) is 14.4. The van der Waals surface area contributed by atoms with Gasteiger partial charge >= 0.3 is 6.18 Å². The van der Waals surface area contributed by atoms with Crippen molar-refractivity contribution in [3.63, 3.8) is 0 Å². The zero-order chi connectivity index (χ0) is 21.4. The topological polar surface area (TPSA) is 76.1 Å². The average Bonchev–Trinajstić information content (AvgIpc) is 3.15. The first-order chi connectivity index (χ1) is 13.5. The Hall–Kier alpha value is -2.50. The van der Waals surface area contributed by atoms with Crippen molar-refractivity contribution in [2.45, 2.75) is 16.0 Å². The molecule has 0 fully saturated rings. The molecule has 2 aromatic carbocycles. The number of nitrogens with zero attached hydrogens (tertiary/aromatic N) is 1. The predicted octanol–water partition coefficient (Wildman–Crippen LogP) is 5.04. The zero-order valence-electron chi connectivity index (χ0n) is 14.0. The van der Waals surface area contributed by atoms with E-state index in [2.05, 4.69) is 4.98 Å². The van der Waals surface area contributed by atoms with Gasteiger partial charge in [-0.25, -0.2) is 17.8 Å². The second kappa shape index (κ2) is 7.73. The number of aromatic nitrogens is 1. The van der Waals surface area contributed by atoms with E-state index in [1.54, 1.807) is 0 Å². The highest BCUT2D eigenvalue weighted by Gasteiger charge is 2.35. The summed E-state index contributed by atoms with van der Waals surface area (Å²) in [5, 5.41) is 3.51. The van der Waals surface area contributed by atoms with E-state index >= 15 is 0 Å². The Kier molecular flexibility index (Phi) is 5.65. The minimum Gasteiger partial charge on any atom is -0.319 e. The molecule has 0 saturated heterocycles. The number of sulfone groups is 1. The minimum atomic E-state index is -4.97. The van der Waals surface area contributed by atoms with E-state index in [0.717, 1.165) is 23.5 Å². The van der Waals surface area contributed by atoms with Crippen LogP contribution in [0.2, 0.25) is 5.02 Å². The van der Waals surface area contributed by atoms with E-state index in [1.165, 1.54) is 23.0 Å². The number of anilines is 1. The lowest BCUT2D eigenvalue weighted by atomic mass is 10.2. The van der Waals surface area contributed by atoms with Gasteiger partial charge in [0.1, 0.15) is 16.4 Å². The predicted molar refractivity (Wildman–Crippen MR) is 98.4 cm³/mol. The summed E-state index contributed by atoms with van der Waals surface area (Å²) in [7, 11) is -4.63. The van der Waals surface area contributed by atoms with E-state index in [4.69, 9.17) is 11.6 Å². The summed E-state index contributed by atoms with van der Waals surface area (Å²) < 4.78 is 79.7. The van der Waals surface area contributed by atoms with Crippen LogP contribution >= 0.6 is 22.9 Å². The Morgan fingerprint density at radius 3 is 2.34 bits per heavy atom. The van der Waals surface area contributed by atoms with E-state index in [9.17, 15) is 30.8 Å². The van der Waals surface area contributed by atoms with Crippen LogP contribution in [0.4, 0.5) is 23.2 Å². The first-order valence-corrected chi connectivity index (χ1v) is 10.4. The van der Waals surface area contributed by atoms with E-state index < -0.39 is 48.8 Å². The Labute approximate surface area is 170 Å². The second-order valence-electron chi connectivity index (χ2n) is 5.62. The number of alkyl halides is 3. The molecular formula is C17H9ClF4N2O3S2. The highest BCUT2D eigenvalue weighted by molar-refractivity contribution is 7.91. The molecule has 5 nitrogen and oxygen atoms in total. The smallest absolute Gasteiger partial charge is 0.319 e. The molecule has 1 aromatic heterocycles. The van der Waals surface area contributed by atoms with Gasteiger partial charge in [-0.2, -0.15) is 13.2 Å². The molecule has 3 rings (SSSR count). The van der Waals surface area contributed by atoms with Crippen LogP contribution in [0.15, 0.2) is 57.1 Å². The molecule has 0 saturated carbocycles. The van der Waals surface area contributed by atoms with Gasteiger partial charge in [0.15, 0.2) is 0 Å². The van der Waals surface area contributed by atoms with Crippen molar-refractivity contribution in [2.24, 2.45) is 0 Å². The van der Waals surface area contributed by atoms with Crippen LogP contribution in [-0.4, -0.2) is 19.3 Å². The summed E-state index contributed by atoms with van der Waals surface area (Å²) in [5.74, 6) is -2.65. The molecule has 29 heavy (non-hydrogen) atoms. The first-order valence-electron chi connectivity index (χ1n) is 7.61. The van der Waals surface area contributed by atoms with Crippen LogP contribution in [0.1, 0.15) is 16.1 Å². The quantitative estimate of drug-likeness (QED) is 0.549. The largest absolute Gasteiger partial charge is 0.416 e. The molecule has 0 bridgehead atoms. The normalized spacial score (nSPS) is 12.0. The van der Waals surface area contributed by atoms with E-state index in [0.29, 0.717) is 6.07 Å². The molecule has 1 heterocycles. The monoisotopic (exact) mass is 464 g/mol. The number of thiazole rings is 1. The second-order valence-corrected chi connectivity index (χ2v) is 8.66. The molecule has 0 atom stereocenters. The molecule has 1 N–H and O–H groups in total. The minimum absolute atomic E-state index is 0.0568. The lowest BCUT2D eigenvalue weighted by Crippen LogP contribution is -2.18. The van der Waals surface area contributed by atoms with Crippen LogP contribution in [0.3, 0.4) is 0 Å². The number of benzene rings is 2. The fourth-order valence-corrected chi connectivity index (χ4v) is 4.47. The number of carbonyl (C=O) groups is 1. The molecule has 152 valence electrons. The molecule has 1 amide bonds. The molecular weight excluding hydrogens is 456 g/mol. The fraction of sp³-hybridized carbons (Fsp3) is 0.0588. The highest BCUT2D eigenvalue weighted by atomic mass is 35.5. The number of hydrogen-bond acceptors (Lipinski definition) is 5. The molecule has 0 spiro atoms. The third kappa shape index (κ3) is 4.41. The van der Waals surface area contributed by atoms with Gasteiger partial charge in [0.2, 0.25) is 9.84 Å². The summed E-state index contributed by atoms with van der Waals surface area (Å²) >= 11 is 6.75. The molecule has 0 aliphatic heterocycles. The standard InChI is InChI=1S/C17H9ClF4N2O3S2/c18-10-1-3-11(4-2-10)29(26,27)15-12(19)5-9(17(20,21)22)6-13(15)24-16(25)14-7-28-8-23-14/h1-8H,(H,24,25). The summed E-state index contributed by atoms with van der Waals surface area (Å²) in [6.07, 6.45) is -4.97. The number of carbonyl (C=O) groups excluding carboxylic acids is 1. The summed E-state index contributed by atoms with van der Waals surface area (Å²) in [5.41, 5.74) is -1.18. The maximum absolute atomic E-state index is 14.6. The summed E-state index contributed by atoms with van der Waals surface area (Å²) in [6.45, 7) is 0. The van der Waals surface area contributed by atoms with Crippen molar-refractivity contribution in [1.82, 2.24) is 4.98 Å². The molecule has 12 heteroatoms. The molecule has 0 unspecified atom stereocenters. The van der Waals surface area contributed by atoms with Crippen LogP contribution in [0.25, 0.3) is 0 Å². The van der Waals surface area contributed by atoms with E-state index in [-0.39, 0.29) is 16.8 Å². The molecule has 3 aromatic rings. The van der Waals surface area contributed by atoms with Crippen molar-refractivity contribution in [3.05, 3.63) is 69.4 Å². The van der Waals surface area contributed by atoms with E-state index in [1.807, 2.05) is 5.32 Å². The number of rotatable bonds is 4. The third-order valence-electron chi connectivity index (χ3n) is 3.68. The van der Waals surface area contributed by atoms with Crippen molar-refractivity contribution in [1.29, 1.82) is 0 Å². The van der Waals surface area contributed by atoms with Crippen LogP contribution in [0, 0.1) is 5.82 Å². The number of amides is 1. The lowest BCUT2D eigenvalue weighted by molar-refractivity contribution is -0.137. The Bertz CT molecular complexity index is 1160. The highest BCUT2D eigenvalue weighted by Crippen LogP contribution is 2.37. The van der Waals surface area contributed by atoms with Crippen molar-refractivity contribution < 1.29 is 30.8 Å². The van der Waals surface area contributed by atoms with Crippen LogP contribution in [-0.2, 0) is 16.0 Å². The van der Waals surface area contributed by atoms with Gasteiger partial charge < -0.3 is 5.32 Å². The Morgan fingerprint density at radius 2 is 1.79 bits per heavy atom. The van der Waals surface area contributed by atoms with Gasteiger partial charge in [0.25, 0.3) is 5.91 Å². The van der Waals surface area contributed by atoms with Gasteiger partial charge in [-0.3, -0.25) is 4.79 Å². The first kappa shape index (κ1) is 21.2. The van der Waals surface area contributed by atoms with Crippen LogP contribution in [0.5, 0.6) is 0 Å². The van der Waals surface area contributed by atoms with Gasteiger partial charge in [-0.1, -0.05) is 11.6 Å². The average molecular weight is 465 g/mol. The van der Waals surface area contributed by atoms with Crippen molar-refractivity contribution >= 4 is 44.4 Å². The van der Waals surface area contributed by atoms with Gasteiger partial charge in [0, 0.05) is 10.4 Å². The number of nitrogens with one attached hydrogen (secondary N) is 1. The number of hydrogen-bond donors (Lipinski definition) is 1. The maximum atomic E-state index is 14.6. The maximum Gasteiger partial charge on any atom is 0.416 e. The molecule has 0 aliphatic carbocycles. The zero-order valence-corrected chi connectivity index (χ0v) is 16.4. The fourth-order valence-electron chi connectivity index (χ4n) is 2.37. The molecule has 0 aliphatic rings. The number of halogens is 5. The SMILES string of the molecule is O=C(Nc1cc(C(F)(F)F)cc(F)c1S(=O)(=O)c1ccc(Cl)cc1)c1cscn1. The summed E-state index contributed by atoms with van der Waals surface area (Å²) in [6, 6.07) is 5.01. The van der Waals surface area contributed by atoms with Crippen LogP contribution < -0.4 is 5.32 Å². The van der Waals surface area contributed by atoms with Crippen molar-refractivity contribution in [2.75, 3.05) is 5.32 Å². The lowest BCUT2D eigenvalue weighted by Gasteiger charge is -2.16. The molecule has 0 radical (unpaired) electrons. The van der Waals surface area contributed by atoms with Gasteiger partial charge in [0.05, 0.1) is 21.7 Å². The van der Waals surface area contributed by atoms with Gasteiger partial charge in [-0.05, 0) is 36.4 Å². The third-order valence-corrected chi connectivity index (χ3v) is 6.36.